The van der Waals surface area contributed by atoms with Gasteiger partial charge in [0.15, 0.2) is 0 Å². The molecule has 1 fully saturated rings. The van der Waals surface area contributed by atoms with Gasteiger partial charge < -0.3 is 15.1 Å². The first-order valence-corrected chi connectivity index (χ1v) is 6.98. The highest BCUT2D eigenvalue weighted by Crippen LogP contribution is 2.08. The standard InChI is InChI=1S/C13H29N3/c1-4-8-15(6-3)10-11-16-9-7-13(12-16)14-5-2/h13-14H,4-12H2,1-3H3. The van der Waals surface area contributed by atoms with Crippen molar-refractivity contribution in [3.63, 3.8) is 0 Å². The molecule has 1 aliphatic heterocycles. The predicted molar refractivity (Wildman–Crippen MR) is 70.9 cm³/mol. The number of hydrogen-bond acceptors (Lipinski definition) is 3. The summed E-state index contributed by atoms with van der Waals surface area (Å²) >= 11 is 0. The van der Waals surface area contributed by atoms with Crippen molar-refractivity contribution in [2.75, 3.05) is 45.8 Å². The number of nitrogens with zero attached hydrogens (tertiary/aromatic N) is 2. The van der Waals surface area contributed by atoms with Gasteiger partial charge in [-0.15, -0.1) is 0 Å². The summed E-state index contributed by atoms with van der Waals surface area (Å²) in [5.41, 5.74) is 0. The molecule has 0 spiro atoms. The van der Waals surface area contributed by atoms with Crippen molar-refractivity contribution in [3.8, 4) is 0 Å². The largest absolute Gasteiger partial charge is 0.313 e. The number of rotatable bonds is 8. The van der Waals surface area contributed by atoms with E-state index >= 15 is 0 Å². The van der Waals surface area contributed by atoms with Gasteiger partial charge in [-0.3, -0.25) is 0 Å². The van der Waals surface area contributed by atoms with Crippen LogP contribution in [0.1, 0.15) is 33.6 Å². The first kappa shape index (κ1) is 13.9. The Hall–Kier alpha value is -0.120. The van der Waals surface area contributed by atoms with Crippen LogP contribution in [0, 0.1) is 0 Å². The third kappa shape index (κ3) is 4.81. The fourth-order valence-corrected chi connectivity index (χ4v) is 2.52. The lowest BCUT2D eigenvalue weighted by molar-refractivity contribution is 0.230. The first-order valence-electron chi connectivity index (χ1n) is 6.98. The molecule has 1 heterocycles. The minimum absolute atomic E-state index is 0.742. The van der Waals surface area contributed by atoms with Gasteiger partial charge in [0.1, 0.15) is 0 Å². The Kier molecular flexibility index (Phi) is 7.01. The SMILES string of the molecule is CCCN(CC)CCN1CCC(NCC)C1. The maximum Gasteiger partial charge on any atom is 0.0207 e. The van der Waals surface area contributed by atoms with Crippen LogP contribution in [-0.2, 0) is 0 Å². The van der Waals surface area contributed by atoms with Crippen LogP contribution in [0.4, 0.5) is 0 Å². The second-order valence-corrected chi connectivity index (χ2v) is 4.78. The number of likely N-dealkylation sites (N-methyl/N-ethyl adjacent to an activating group) is 2. The molecule has 0 aromatic heterocycles. The van der Waals surface area contributed by atoms with Crippen LogP contribution in [0.5, 0.6) is 0 Å². The fraction of sp³-hybridized carbons (Fsp3) is 1.00. The quantitative estimate of drug-likeness (QED) is 0.676. The average Bonchev–Trinajstić information content (AvgIpc) is 2.72. The summed E-state index contributed by atoms with van der Waals surface area (Å²) in [4.78, 5) is 5.16. The van der Waals surface area contributed by atoms with E-state index in [4.69, 9.17) is 0 Å². The van der Waals surface area contributed by atoms with Crippen molar-refractivity contribution in [2.24, 2.45) is 0 Å². The topological polar surface area (TPSA) is 18.5 Å². The summed E-state index contributed by atoms with van der Waals surface area (Å²) in [6.07, 6.45) is 2.60. The zero-order chi connectivity index (χ0) is 11.8. The van der Waals surface area contributed by atoms with E-state index in [-0.39, 0.29) is 0 Å². The Morgan fingerprint density at radius 1 is 1.25 bits per heavy atom. The molecule has 1 atom stereocenters. The molecule has 3 nitrogen and oxygen atoms in total. The normalized spacial score (nSPS) is 22.1. The van der Waals surface area contributed by atoms with Crippen molar-refractivity contribution in [1.29, 1.82) is 0 Å². The van der Waals surface area contributed by atoms with Gasteiger partial charge in [0.05, 0.1) is 0 Å². The molecule has 16 heavy (non-hydrogen) atoms. The molecule has 1 rings (SSSR count). The summed E-state index contributed by atoms with van der Waals surface area (Å²) in [7, 11) is 0. The smallest absolute Gasteiger partial charge is 0.0207 e. The van der Waals surface area contributed by atoms with Gasteiger partial charge in [0.25, 0.3) is 0 Å². The minimum atomic E-state index is 0.742. The third-order valence-corrected chi connectivity index (χ3v) is 3.48. The van der Waals surface area contributed by atoms with E-state index < -0.39 is 0 Å². The number of hydrogen-bond donors (Lipinski definition) is 1. The first-order chi connectivity index (χ1) is 7.80. The van der Waals surface area contributed by atoms with E-state index in [1.165, 1.54) is 52.1 Å². The van der Waals surface area contributed by atoms with Crippen LogP contribution in [0.3, 0.4) is 0 Å². The number of nitrogens with one attached hydrogen (secondary N) is 1. The fourth-order valence-electron chi connectivity index (χ4n) is 2.52. The zero-order valence-electron chi connectivity index (χ0n) is 11.3. The summed E-state index contributed by atoms with van der Waals surface area (Å²) in [6, 6.07) is 0.742. The molecule has 1 aliphatic rings. The maximum atomic E-state index is 3.55. The van der Waals surface area contributed by atoms with E-state index in [2.05, 4.69) is 35.9 Å². The summed E-state index contributed by atoms with van der Waals surface area (Å²) < 4.78 is 0. The zero-order valence-corrected chi connectivity index (χ0v) is 11.3. The molecule has 1 N–H and O–H groups in total. The molecule has 0 amide bonds. The van der Waals surface area contributed by atoms with Crippen molar-refractivity contribution in [2.45, 2.75) is 39.7 Å². The molecule has 96 valence electrons. The highest BCUT2D eigenvalue weighted by Gasteiger charge is 2.21. The van der Waals surface area contributed by atoms with Crippen LogP contribution >= 0.6 is 0 Å². The van der Waals surface area contributed by atoms with Crippen molar-refractivity contribution in [3.05, 3.63) is 0 Å². The summed E-state index contributed by atoms with van der Waals surface area (Å²) in [6.45, 7) is 15.3. The second kappa shape index (κ2) is 8.04. The molecule has 1 saturated heterocycles. The van der Waals surface area contributed by atoms with Crippen LogP contribution in [0.2, 0.25) is 0 Å². The average molecular weight is 227 g/mol. The van der Waals surface area contributed by atoms with E-state index in [0.29, 0.717) is 0 Å². The molecular weight excluding hydrogens is 198 g/mol. The Morgan fingerprint density at radius 3 is 2.69 bits per heavy atom. The highest BCUT2D eigenvalue weighted by molar-refractivity contribution is 4.80. The third-order valence-electron chi connectivity index (χ3n) is 3.48. The predicted octanol–water partition coefficient (Wildman–Crippen LogP) is 1.40. The van der Waals surface area contributed by atoms with Gasteiger partial charge in [0.2, 0.25) is 0 Å². The van der Waals surface area contributed by atoms with Crippen molar-refractivity contribution >= 4 is 0 Å². The van der Waals surface area contributed by atoms with Crippen LogP contribution in [-0.4, -0.2) is 61.7 Å². The Balaban J connectivity index is 2.13. The Labute approximate surface area is 101 Å². The molecule has 0 aromatic rings. The summed E-state index contributed by atoms with van der Waals surface area (Å²) in [5, 5.41) is 3.55. The van der Waals surface area contributed by atoms with Crippen molar-refractivity contribution in [1.82, 2.24) is 15.1 Å². The monoisotopic (exact) mass is 227 g/mol. The van der Waals surface area contributed by atoms with Crippen molar-refractivity contribution < 1.29 is 0 Å². The van der Waals surface area contributed by atoms with Gasteiger partial charge in [0, 0.05) is 25.7 Å². The molecule has 0 bridgehead atoms. The van der Waals surface area contributed by atoms with E-state index in [0.717, 1.165) is 12.6 Å². The molecular formula is C13H29N3. The summed E-state index contributed by atoms with van der Waals surface area (Å²) in [5.74, 6) is 0. The Bertz CT molecular complexity index is 173. The van der Waals surface area contributed by atoms with Crippen LogP contribution in [0.25, 0.3) is 0 Å². The van der Waals surface area contributed by atoms with Gasteiger partial charge in [-0.05, 0) is 39.0 Å². The van der Waals surface area contributed by atoms with Crippen LogP contribution in [0.15, 0.2) is 0 Å². The van der Waals surface area contributed by atoms with Gasteiger partial charge >= 0.3 is 0 Å². The molecule has 0 aliphatic carbocycles. The van der Waals surface area contributed by atoms with E-state index in [1.54, 1.807) is 0 Å². The lowest BCUT2D eigenvalue weighted by Gasteiger charge is -2.23. The van der Waals surface area contributed by atoms with Gasteiger partial charge in [-0.25, -0.2) is 0 Å². The lowest BCUT2D eigenvalue weighted by Crippen LogP contribution is -2.37. The second-order valence-electron chi connectivity index (χ2n) is 4.78. The molecule has 0 radical (unpaired) electrons. The molecule has 0 saturated carbocycles. The lowest BCUT2D eigenvalue weighted by atomic mass is 10.3. The molecule has 3 heteroatoms. The highest BCUT2D eigenvalue weighted by atomic mass is 15.2. The maximum absolute atomic E-state index is 3.55. The minimum Gasteiger partial charge on any atom is -0.313 e. The van der Waals surface area contributed by atoms with E-state index in [1.807, 2.05) is 0 Å². The Morgan fingerprint density at radius 2 is 2.06 bits per heavy atom. The molecule has 0 aromatic carbocycles. The van der Waals surface area contributed by atoms with Crippen LogP contribution < -0.4 is 5.32 Å². The molecule has 1 unspecified atom stereocenters. The number of likely N-dealkylation sites (tertiary alicyclic amines) is 1. The van der Waals surface area contributed by atoms with Gasteiger partial charge in [-0.2, -0.15) is 0 Å². The van der Waals surface area contributed by atoms with Gasteiger partial charge in [-0.1, -0.05) is 20.8 Å². The van der Waals surface area contributed by atoms with E-state index in [9.17, 15) is 0 Å².